The molecule has 30 heavy (non-hydrogen) atoms. The summed E-state index contributed by atoms with van der Waals surface area (Å²) in [5.74, 6) is 0. The summed E-state index contributed by atoms with van der Waals surface area (Å²) in [6.07, 6.45) is 9.45. The second kappa shape index (κ2) is 9.48. The van der Waals surface area contributed by atoms with E-state index in [1.54, 1.807) is 7.11 Å². The van der Waals surface area contributed by atoms with Gasteiger partial charge in [-0.2, -0.15) is 0 Å². The number of hydrogen-bond acceptors (Lipinski definition) is 3. The van der Waals surface area contributed by atoms with Crippen LogP contribution >= 0.6 is 12.2 Å². The van der Waals surface area contributed by atoms with Gasteiger partial charge in [0, 0.05) is 43.9 Å². The van der Waals surface area contributed by atoms with Crippen molar-refractivity contribution in [2.45, 2.75) is 70.5 Å². The molecule has 0 aromatic carbocycles. The Balaban J connectivity index is 1.72. The van der Waals surface area contributed by atoms with Crippen LogP contribution in [0.4, 0.5) is 0 Å². The monoisotopic (exact) mass is 426 g/mol. The van der Waals surface area contributed by atoms with Gasteiger partial charge in [-0.15, -0.1) is 0 Å². The van der Waals surface area contributed by atoms with E-state index in [-0.39, 0.29) is 12.1 Å². The average molecular weight is 427 g/mol. The lowest BCUT2D eigenvalue weighted by atomic mass is 9.94. The molecule has 2 aromatic rings. The molecule has 0 bridgehead atoms. The van der Waals surface area contributed by atoms with Gasteiger partial charge in [0.25, 0.3) is 0 Å². The molecule has 1 saturated carbocycles. The molecule has 1 aliphatic heterocycles. The lowest BCUT2D eigenvalue weighted by Gasteiger charge is -2.29. The van der Waals surface area contributed by atoms with Crippen molar-refractivity contribution < 1.29 is 4.74 Å². The summed E-state index contributed by atoms with van der Waals surface area (Å²) in [6.45, 7) is 6.17. The molecule has 1 aliphatic carbocycles. The van der Waals surface area contributed by atoms with Crippen LogP contribution in [0.5, 0.6) is 0 Å². The third-order valence-corrected chi connectivity index (χ3v) is 7.08. The molecule has 2 aromatic heterocycles. The van der Waals surface area contributed by atoms with Crippen molar-refractivity contribution in [2.75, 3.05) is 20.3 Å². The summed E-state index contributed by atoms with van der Waals surface area (Å²) >= 11 is 5.79. The van der Waals surface area contributed by atoms with Crippen molar-refractivity contribution in [3.05, 3.63) is 53.1 Å². The molecule has 3 heterocycles. The Labute approximate surface area is 185 Å². The number of rotatable bonds is 7. The Hall–Kier alpha value is -1.92. The van der Waals surface area contributed by atoms with Crippen LogP contribution in [0.15, 0.2) is 30.5 Å². The fourth-order valence-corrected chi connectivity index (χ4v) is 5.70. The zero-order valence-corrected chi connectivity index (χ0v) is 19.3. The highest BCUT2D eigenvalue weighted by Gasteiger charge is 2.41. The van der Waals surface area contributed by atoms with E-state index in [0.717, 1.165) is 30.4 Å². The van der Waals surface area contributed by atoms with Crippen LogP contribution in [0.1, 0.15) is 79.3 Å². The highest BCUT2D eigenvalue weighted by atomic mass is 32.1. The minimum absolute atomic E-state index is 0.0570. The molecular formula is C24H34N4OS. The van der Waals surface area contributed by atoms with Crippen molar-refractivity contribution in [1.82, 2.24) is 19.8 Å². The fourth-order valence-electron chi connectivity index (χ4n) is 5.37. The van der Waals surface area contributed by atoms with Gasteiger partial charge in [-0.05, 0) is 69.1 Å². The Morgan fingerprint density at radius 2 is 2.00 bits per heavy atom. The van der Waals surface area contributed by atoms with Gasteiger partial charge < -0.3 is 19.5 Å². The predicted octanol–water partition coefficient (Wildman–Crippen LogP) is 5.01. The molecule has 2 atom stereocenters. The van der Waals surface area contributed by atoms with Crippen LogP contribution in [-0.2, 0) is 4.74 Å². The standard InChI is InChI=1S/C24H34N4OS/c1-17-16-20(18(2)28(17)19-10-5-4-6-11-19)23-22(21-12-7-8-13-25-21)26-24(30)27(23)14-9-15-29-3/h7-8,12-13,16,19,22-23H,4-6,9-11,14-15H2,1-3H3,(H,26,30). The van der Waals surface area contributed by atoms with E-state index in [4.69, 9.17) is 17.0 Å². The molecule has 162 valence electrons. The lowest BCUT2D eigenvalue weighted by molar-refractivity contribution is 0.180. The van der Waals surface area contributed by atoms with E-state index < -0.39 is 0 Å². The smallest absolute Gasteiger partial charge is 0.170 e. The molecule has 2 unspecified atom stereocenters. The van der Waals surface area contributed by atoms with Crippen LogP contribution in [0.2, 0.25) is 0 Å². The van der Waals surface area contributed by atoms with Gasteiger partial charge in [-0.25, -0.2) is 0 Å². The Bertz CT molecular complexity index is 860. The number of thiocarbonyl (C=S) groups is 1. The lowest BCUT2D eigenvalue weighted by Crippen LogP contribution is -2.31. The summed E-state index contributed by atoms with van der Waals surface area (Å²) in [5.41, 5.74) is 5.16. The topological polar surface area (TPSA) is 42.3 Å². The molecule has 6 heteroatoms. The van der Waals surface area contributed by atoms with E-state index >= 15 is 0 Å². The van der Waals surface area contributed by atoms with Crippen molar-refractivity contribution in [1.29, 1.82) is 0 Å². The van der Waals surface area contributed by atoms with Crippen molar-refractivity contribution in [3.63, 3.8) is 0 Å². The van der Waals surface area contributed by atoms with Crippen LogP contribution in [0.3, 0.4) is 0 Å². The van der Waals surface area contributed by atoms with E-state index in [0.29, 0.717) is 6.04 Å². The maximum atomic E-state index is 5.79. The number of pyridine rings is 1. The third kappa shape index (κ3) is 4.12. The molecular weight excluding hydrogens is 392 g/mol. The number of ether oxygens (including phenoxy) is 1. The van der Waals surface area contributed by atoms with E-state index in [2.05, 4.69) is 51.8 Å². The molecule has 5 nitrogen and oxygen atoms in total. The zero-order chi connectivity index (χ0) is 21.1. The largest absolute Gasteiger partial charge is 0.385 e. The van der Waals surface area contributed by atoms with E-state index in [1.165, 1.54) is 49.1 Å². The Morgan fingerprint density at radius 1 is 1.20 bits per heavy atom. The SMILES string of the molecule is COCCCN1C(=S)NC(c2ccccn2)C1c1cc(C)n(C2CCCCC2)c1C. The average Bonchev–Trinajstić information content (AvgIpc) is 3.25. The first-order chi connectivity index (χ1) is 14.6. The van der Waals surface area contributed by atoms with Gasteiger partial charge >= 0.3 is 0 Å². The van der Waals surface area contributed by atoms with Gasteiger partial charge in [0.15, 0.2) is 5.11 Å². The van der Waals surface area contributed by atoms with E-state index in [9.17, 15) is 0 Å². The number of methoxy groups -OCH3 is 1. The quantitative estimate of drug-likeness (QED) is 0.498. The highest BCUT2D eigenvalue weighted by Crippen LogP contribution is 2.42. The van der Waals surface area contributed by atoms with Gasteiger partial charge in [-0.3, -0.25) is 4.98 Å². The summed E-state index contributed by atoms with van der Waals surface area (Å²) in [7, 11) is 1.76. The molecule has 1 saturated heterocycles. The van der Waals surface area contributed by atoms with Gasteiger partial charge in [0.2, 0.25) is 0 Å². The maximum absolute atomic E-state index is 5.79. The summed E-state index contributed by atoms with van der Waals surface area (Å²) in [5, 5.41) is 4.39. The normalized spacial score (nSPS) is 22.5. The minimum atomic E-state index is 0.0570. The van der Waals surface area contributed by atoms with E-state index in [1.807, 2.05) is 12.3 Å². The number of aryl methyl sites for hydroxylation is 1. The summed E-state index contributed by atoms with van der Waals surface area (Å²) in [4.78, 5) is 7.02. The van der Waals surface area contributed by atoms with Crippen LogP contribution in [-0.4, -0.2) is 39.8 Å². The number of aromatic nitrogens is 2. The number of nitrogens with zero attached hydrogens (tertiary/aromatic N) is 3. The predicted molar refractivity (Wildman–Crippen MR) is 125 cm³/mol. The first-order valence-electron chi connectivity index (χ1n) is 11.3. The summed E-state index contributed by atoms with van der Waals surface area (Å²) < 4.78 is 7.90. The number of hydrogen-bond donors (Lipinski definition) is 1. The first kappa shape index (κ1) is 21.3. The highest BCUT2D eigenvalue weighted by molar-refractivity contribution is 7.80. The second-order valence-electron chi connectivity index (χ2n) is 8.65. The Morgan fingerprint density at radius 3 is 2.70 bits per heavy atom. The van der Waals surface area contributed by atoms with Gasteiger partial charge in [0.1, 0.15) is 0 Å². The molecule has 4 rings (SSSR count). The zero-order valence-electron chi connectivity index (χ0n) is 18.4. The van der Waals surface area contributed by atoms with Crippen molar-refractivity contribution >= 4 is 17.3 Å². The molecule has 2 aliphatic rings. The third-order valence-electron chi connectivity index (χ3n) is 6.73. The van der Waals surface area contributed by atoms with Crippen molar-refractivity contribution in [3.8, 4) is 0 Å². The molecule has 1 N–H and O–H groups in total. The minimum Gasteiger partial charge on any atom is -0.385 e. The van der Waals surface area contributed by atoms with Gasteiger partial charge in [0.05, 0.1) is 17.8 Å². The van der Waals surface area contributed by atoms with Crippen LogP contribution in [0, 0.1) is 13.8 Å². The Kier molecular flexibility index (Phi) is 6.74. The maximum Gasteiger partial charge on any atom is 0.170 e. The molecule has 2 fully saturated rings. The molecule has 0 radical (unpaired) electrons. The van der Waals surface area contributed by atoms with Gasteiger partial charge in [-0.1, -0.05) is 25.3 Å². The first-order valence-corrected chi connectivity index (χ1v) is 11.7. The summed E-state index contributed by atoms with van der Waals surface area (Å²) in [6, 6.07) is 9.36. The fraction of sp³-hybridized carbons (Fsp3) is 0.583. The molecule has 0 amide bonds. The number of nitrogens with one attached hydrogen (secondary N) is 1. The molecule has 0 spiro atoms. The van der Waals surface area contributed by atoms with Crippen LogP contribution in [0.25, 0.3) is 0 Å². The second-order valence-corrected chi connectivity index (χ2v) is 9.04. The van der Waals surface area contributed by atoms with Crippen LogP contribution < -0.4 is 5.32 Å². The van der Waals surface area contributed by atoms with Crippen molar-refractivity contribution in [2.24, 2.45) is 0 Å².